The second kappa shape index (κ2) is 8.43. The summed E-state index contributed by atoms with van der Waals surface area (Å²) in [5.74, 6) is 2.54. The van der Waals surface area contributed by atoms with Crippen molar-refractivity contribution in [2.45, 2.75) is 51.2 Å². The molecule has 0 aromatic heterocycles. The standard InChI is InChI=1S/C12H25NOS/c1-3-9-15-10-11(13-2)6-7-12-5-4-8-14-12/h11-13H,3-10H2,1-2H3. The Balaban J connectivity index is 2.04. The molecule has 3 heteroatoms. The van der Waals surface area contributed by atoms with Gasteiger partial charge in [0.1, 0.15) is 0 Å². The van der Waals surface area contributed by atoms with Gasteiger partial charge in [-0.2, -0.15) is 11.8 Å². The lowest BCUT2D eigenvalue weighted by molar-refractivity contribution is 0.100. The van der Waals surface area contributed by atoms with Crippen molar-refractivity contribution in [3.63, 3.8) is 0 Å². The zero-order chi connectivity index (χ0) is 10.9. The summed E-state index contributed by atoms with van der Waals surface area (Å²) >= 11 is 2.07. The maximum absolute atomic E-state index is 5.64. The molecule has 2 unspecified atom stereocenters. The van der Waals surface area contributed by atoms with Crippen molar-refractivity contribution >= 4 is 11.8 Å². The van der Waals surface area contributed by atoms with Crippen LogP contribution in [0.5, 0.6) is 0 Å². The van der Waals surface area contributed by atoms with E-state index in [1.54, 1.807) is 0 Å². The zero-order valence-corrected chi connectivity index (χ0v) is 10.9. The minimum atomic E-state index is 0.553. The summed E-state index contributed by atoms with van der Waals surface area (Å²) in [5.41, 5.74) is 0. The van der Waals surface area contributed by atoms with Crippen molar-refractivity contribution in [3.05, 3.63) is 0 Å². The van der Waals surface area contributed by atoms with E-state index in [0.717, 1.165) is 6.61 Å². The van der Waals surface area contributed by atoms with E-state index >= 15 is 0 Å². The predicted molar refractivity (Wildman–Crippen MR) is 68.7 cm³/mol. The Hall–Kier alpha value is 0.270. The highest BCUT2D eigenvalue weighted by Gasteiger charge is 2.17. The summed E-state index contributed by atoms with van der Waals surface area (Å²) in [5, 5.41) is 3.41. The molecule has 15 heavy (non-hydrogen) atoms. The smallest absolute Gasteiger partial charge is 0.0576 e. The molecular weight excluding hydrogens is 206 g/mol. The van der Waals surface area contributed by atoms with Crippen LogP contribution in [-0.4, -0.2) is 37.3 Å². The average Bonchev–Trinajstić information content (AvgIpc) is 2.76. The first-order chi connectivity index (χ1) is 7.36. The van der Waals surface area contributed by atoms with Crippen molar-refractivity contribution in [1.82, 2.24) is 5.32 Å². The molecule has 1 fully saturated rings. The van der Waals surface area contributed by atoms with Gasteiger partial charge in [0.25, 0.3) is 0 Å². The fraction of sp³-hybridized carbons (Fsp3) is 1.00. The molecular formula is C12H25NOS. The highest BCUT2D eigenvalue weighted by molar-refractivity contribution is 7.99. The van der Waals surface area contributed by atoms with Gasteiger partial charge < -0.3 is 10.1 Å². The van der Waals surface area contributed by atoms with Crippen LogP contribution in [0.2, 0.25) is 0 Å². The topological polar surface area (TPSA) is 21.3 Å². The molecule has 0 spiro atoms. The molecule has 1 saturated heterocycles. The molecule has 2 nitrogen and oxygen atoms in total. The van der Waals surface area contributed by atoms with Gasteiger partial charge in [-0.15, -0.1) is 0 Å². The summed E-state index contributed by atoms with van der Waals surface area (Å²) in [6.45, 7) is 3.23. The Kier molecular flexibility index (Phi) is 7.49. The molecule has 0 bridgehead atoms. The Morgan fingerprint density at radius 3 is 3.00 bits per heavy atom. The van der Waals surface area contributed by atoms with Crippen molar-refractivity contribution in [3.8, 4) is 0 Å². The van der Waals surface area contributed by atoms with E-state index in [-0.39, 0.29) is 0 Å². The molecule has 1 rings (SSSR count). The van der Waals surface area contributed by atoms with Gasteiger partial charge in [-0.05, 0) is 44.9 Å². The number of hydrogen-bond donors (Lipinski definition) is 1. The first-order valence-electron chi connectivity index (χ1n) is 6.23. The van der Waals surface area contributed by atoms with Crippen LogP contribution < -0.4 is 5.32 Å². The van der Waals surface area contributed by atoms with Gasteiger partial charge in [-0.25, -0.2) is 0 Å². The second-order valence-corrected chi connectivity index (χ2v) is 5.42. The normalized spacial score (nSPS) is 23.2. The van der Waals surface area contributed by atoms with E-state index in [2.05, 4.69) is 31.1 Å². The summed E-state index contributed by atoms with van der Waals surface area (Å²) in [6, 6.07) is 0.672. The molecule has 2 atom stereocenters. The van der Waals surface area contributed by atoms with E-state index in [1.807, 2.05) is 0 Å². The molecule has 0 amide bonds. The first kappa shape index (κ1) is 13.3. The van der Waals surface area contributed by atoms with Gasteiger partial charge in [0.2, 0.25) is 0 Å². The molecule has 0 aliphatic carbocycles. The minimum Gasteiger partial charge on any atom is -0.378 e. The highest BCUT2D eigenvalue weighted by atomic mass is 32.2. The van der Waals surface area contributed by atoms with Crippen LogP contribution in [0, 0.1) is 0 Å². The Labute approximate surface area is 98.5 Å². The largest absolute Gasteiger partial charge is 0.378 e. The molecule has 0 saturated carbocycles. The zero-order valence-electron chi connectivity index (χ0n) is 10.1. The number of ether oxygens (including phenoxy) is 1. The molecule has 1 N–H and O–H groups in total. The lowest BCUT2D eigenvalue weighted by Gasteiger charge is -2.17. The van der Waals surface area contributed by atoms with Crippen LogP contribution in [0.1, 0.15) is 39.0 Å². The molecule has 0 aromatic rings. The van der Waals surface area contributed by atoms with Gasteiger partial charge in [0.15, 0.2) is 0 Å². The average molecular weight is 231 g/mol. The molecule has 1 aliphatic rings. The van der Waals surface area contributed by atoms with Gasteiger partial charge in [-0.3, -0.25) is 0 Å². The van der Waals surface area contributed by atoms with Crippen molar-refractivity contribution in [2.75, 3.05) is 25.2 Å². The summed E-state index contributed by atoms with van der Waals surface area (Å²) < 4.78 is 5.64. The molecule has 1 aliphatic heterocycles. The molecule has 90 valence electrons. The van der Waals surface area contributed by atoms with Crippen molar-refractivity contribution in [2.24, 2.45) is 0 Å². The van der Waals surface area contributed by atoms with Crippen molar-refractivity contribution < 1.29 is 4.74 Å². The summed E-state index contributed by atoms with van der Waals surface area (Å²) in [6.07, 6.45) is 6.87. The quantitative estimate of drug-likeness (QED) is 0.649. The lowest BCUT2D eigenvalue weighted by atomic mass is 10.1. The minimum absolute atomic E-state index is 0.553. The predicted octanol–water partition coefficient (Wildman–Crippen LogP) is 2.68. The van der Waals surface area contributed by atoms with E-state index in [9.17, 15) is 0 Å². The number of nitrogens with one attached hydrogen (secondary N) is 1. The summed E-state index contributed by atoms with van der Waals surface area (Å²) in [4.78, 5) is 0. The third-order valence-corrected chi connectivity index (χ3v) is 4.27. The maximum Gasteiger partial charge on any atom is 0.0576 e. The third-order valence-electron chi connectivity index (χ3n) is 2.94. The van der Waals surface area contributed by atoms with Gasteiger partial charge in [0, 0.05) is 18.4 Å². The van der Waals surface area contributed by atoms with Crippen LogP contribution in [0.3, 0.4) is 0 Å². The third kappa shape index (κ3) is 5.79. The Morgan fingerprint density at radius 2 is 2.40 bits per heavy atom. The fourth-order valence-corrected chi connectivity index (χ4v) is 3.01. The monoisotopic (exact) mass is 231 g/mol. The number of rotatable bonds is 8. The van der Waals surface area contributed by atoms with Crippen LogP contribution in [0.15, 0.2) is 0 Å². The van der Waals surface area contributed by atoms with Gasteiger partial charge >= 0.3 is 0 Å². The van der Waals surface area contributed by atoms with Crippen LogP contribution in [0.4, 0.5) is 0 Å². The SMILES string of the molecule is CCCSCC(CCC1CCCO1)NC. The Bertz CT molecular complexity index is 149. The second-order valence-electron chi connectivity index (χ2n) is 4.27. The van der Waals surface area contributed by atoms with Crippen molar-refractivity contribution in [1.29, 1.82) is 0 Å². The molecule has 0 radical (unpaired) electrons. The number of hydrogen-bond acceptors (Lipinski definition) is 3. The van der Waals surface area contributed by atoms with Gasteiger partial charge in [-0.1, -0.05) is 6.92 Å². The first-order valence-corrected chi connectivity index (χ1v) is 7.39. The highest BCUT2D eigenvalue weighted by Crippen LogP contribution is 2.18. The fourth-order valence-electron chi connectivity index (χ4n) is 1.94. The van der Waals surface area contributed by atoms with E-state index in [0.29, 0.717) is 12.1 Å². The van der Waals surface area contributed by atoms with Crippen LogP contribution >= 0.6 is 11.8 Å². The molecule has 0 aromatic carbocycles. The lowest BCUT2D eigenvalue weighted by Crippen LogP contribution is -2.29. The summed E-state index contributed by atoms with van der Waals surface area (Å²) in [7, 11) is 2.08. The van der Waals surface area contributed by atoms with E-state index in [4.69, 9.17) is 4.74 Å². The Morgan fingerprint density at radius 1 is 1.53 bits per heavy atom. The van der Waals surface area contributed by atoms with E-state index < -0.39 is 0 Å². The molecule has 1 heterocycles. The number of thioether (sulfide) groups is 1. The van der Waals surface area contributed by atoms with Crippen LogP contribution in [-0.2, 0) is 4.74 Å². The van der Waals surface area contributed by atoms with E-state index in [1.165, 1.54) is 43.6 Å². The van der Waals surface area contributed by atoms with Crippen LogP contribution in [0.25, 0.3) is 0 Å². The van der Waals surface area contributed by atoms with Gasteiger partial charge in [0.05, 0.1) is 6.10 Å². The maximum atomic E-state index is 5.64.